The molecule has 9 nitrogen and oxygen atoms in total. The summed E-state index contributed by atoms with van der Waals surface area (Å²) in [6, 6.07) is 7.64. The molecule has 1 amide bonds. The van der Waals surface area contributed by atoms with Crippen molar-refractivity contribution in [2.45, 2.75) is 44.6 Å². The number of ether oxygens (including phenoxy) is 1. The number of hydrogen-bond donors (Lipinski definition) is 1. The molecule has 33 heavy (non-hydrogen) atoms. The van der Waals surface area contributed by atoms with E-state index in [4.69, 9.17) is 4.74 Å². The van der Waals surface area contributed by atoms with E-state index in [1.807, 2.05) is 29.0 Å². The fourth-order valence-electron chi connectivity index (χ4n) is 4.56. The SMILES string of the molecule is CC1CCCOc2ncc(C3CCN(C)CC3)cc2C(=O)Nc2cccc(n2)-c2nncn21. The third kappa shape index (κ3) is 4.59. The maximum absolute atomic E-state index is 13.3. The Labute approximate surface area is 193 Å². The lowest BCUT2D eigenvalue weighted by molar-refractivity contribution is 0.102. The number of carbonyl (C=O) groups is 1. The summed E-state index contributed by atoms with van der Waals surface area (Å²) >= 11 is 0. The molecule has 9 heteroatoms. The van der Waals surface area contributed by atoms with E-state index >= 15 is 0 Å². The van der Waals surface area contributed by atoms with Crippen LogP contribution in [0.1, 0.15) is 60.5 Å². The van der Waals surface area contributed by atoms with Crippen LogP contribution < -0.4 is 10.1 Å². The molecule has 0 radical (unpaired) electrons. The van der Waals surface area contributed by atoms with Crippen LogP contribution >= 0.6 is 0 Å². The van der Waals surface area contributed by atoms with Crippen LogP contribution in [0.2, 0.25) is 0 Å². The number of likely N-dealkylation sites (tertiary alicyclic amines) is 1. The molecular formula is C24H29N7O2. The molecule has 5 rings (SSSR count). The summed E-state index contributed by atoms with van der Waals surface area (Å²) in [6.07, 6.45) is 7.39. The standard InChI is InChI=1S/C24H29N7O2/c1-16-5-4-12-33-24-19(13-18(14-25-24)17-8-10-30(2)11-9-17)23(32)28-21-7-3-6-20(27-21)22-29-26-15-31(16)22/h3,6-7,13-17H,4-5,8-12H2,1-2H3,(H,27,28,32). The Morgan fingerprint density at radius 1 is 1.18 bits per heavy atom. The topological polar surface area (TPSA) is 98.1 Å². The zero-order chi connectivity index (χ0) is 22.8. The molecule has 3 aromatic heterocycles. The molecule has 5 heterocycles. The van der Waals surface area contributed by atoms with Gasteiger partial charge in [0.15, 0.2) is 5.82 Å². The fourth-order valence-corrected chi connectivity index (χ4v) is 4.56. The van der Waals surface area contributed by atoms with Crippen molar-refractivity contribution in [1.29, 1.82) is 0 Å². The Morgan fingerprint density at radius 2 is 2.03 bits per heavy atom. The van der Waals surface area contributed by atoms with Crippen molar-refractivity contribution in [2.24, 2.45) is 0 Å². The van der Waals surface area contributed by atoms with E-state index in [1.54, 1.807) is 12.4 Å². The van der Waals surface area contributed by atoms with Gasteiger partial charge in [0.25, 0.3) is 5.91 Å². The lowest BCUT2D eigenvalue weighted by Gasteiger charge is -2.29. The van der Waals surface area contributed by atoms with Gasteiger partial charge >= 0.3 is 0 Å². The third-order valence-corrected chi connectivity index (χ3v) is 6.58. The lowest BCUT2D eigenvalue weighted by Crippen LogP contribution is -2.29. The molecule has 1 saturated heterocycles. The van der Waals surface area contributed by atoms with Crippen molar-refractivity contribution >= 4 is 11.7 Å². The smallest absolute Gasteiger partial charge is 0.262 e. The predicted octanol–water partition coefficient (Wildman–Crippen LogP) is 3.53. The number of amides is 1. The fraction of sp³-hybridized carbons (Fsp3) is 0.458. The molecule has 172 valence electrons. The summed E-state index contributed by atoms with van der Waals surface area (Å²) < 4.78 is 8.01. The Balaban J connectivity index is 1.49. The van der Waals surface area contributed by atoms with Crippen molar-refractivity contribution in [3.05, 3.63) is 47.9 Å². The highest BCUT2D eigenvalue weighted by molar-refractivity contribution is 6.05. The van der Waals surface area contributed by atoms with Crippen LogP contribution in [0.15, 0.2) is 36.8 Å². The second-order valence-electron chi connectivity index (χ2n) is 8.96. The highest BCUT2D eigenvalue weighted by Gasteiger charge is 2.23. The molecule has 2 aliphatic rings. The molecule has 1 unspecified atom stereocenters. The summed E-state index contributed by atoms with van der Waals surface area (Å²) in [5, 5.41) is 11.3. The van der Waals surface area contributed by atoms with Crippen LogP contribution in [0.3, 0.4) is 0 Å². The number of aromatic nitrogens is 5. The van der Waals surface area contributed by atoms with Crippen LogP contribution in [-0.2, 0) is 0 Å². The van der Waals surface area contributed by atoms with E-state index in [-0.39, 0.29) is 11.9 Å². The average molecular weight is 448 g/mol. The number of pyridine rings is 2. The van der Waals surface area contributed by atoms with Crippen molar-refractivity contribution in [2.75, 3.05) is 32.1 Å². The van der Waals surface area contributed by atoms with Gasteiger partial charge in [-0.15, -0.1) is 10.2 Å². The van der Waals surface area contributed by atoms with E-state index < -0.39 is 0 Å². The van der Waals surface area contributed by atoms with Crippen molar-refractivity contribution in [1.82, 2.24) is 29.6 Å². The van der Waals surface area contributed by atoms with E-state index in [2.05, 4.69) is 44.4 Å². The van der Waals surface area contributed by atoms with Gasteiger partial charge in [-0.05, 0) is 82.4 Å². The van der Waals surface area contributed by atoms with Crippen molar-refractivity contribution < 1.29 is 9.53 Å². The summed E-state index contributed by atoms with van der Waals surface area (Å²) in [5.41, 5.74) is 2.21. The van der Waals surface area contributed by atoms with Gasteiger partial charge in [-0.3, -0.25) is 4.79 Å². The number of fused-ring (bicyclic) bond motifs is 5. The van der Waals surface area contributed by atoms with Gasteiger partial charge in [0, 0.05) is 12.2 Å². The average Bonchev–Trinajstić information content (AvgIpc) is 3.32. The summed E-state index contributed by atoms with van der Waals surface area (Å²) in [5.74, 6) is 1.63. The predicted molar refractivity (Wildman–Crippen MR) is 124 cm³/mol. The molecule has 0 spiro atoms. The van der Waals surface area contributed by atoms with Gasteiger partial charge in [0.05, 0.1) is 6.61 Å². The highest BCUT2D eigenvalue weighted by Crippen LogP contribution is 2.31. The number of nitrogens with zero attached hydrogens (tertiary/aromatic N) is 6. The summed E-state index contributed by atoms with van der Waals surface area (Å²) in [6.45, 7) is 4.70. The van der Waals surface area contributed by atoms with E-state index in [9.17, 15) is 4.79 Å². The largest absolute Gasteiger partial charge is 0.477 e. The molecule has 1 N–H and O–H groups in total. The maximum atomic E-state index is 13.3. The van der Waals surface area contributed by atoms with Gasteiger partial charge in [-0.25, -0.2) is 9.97 Å². The van der Waals surface area contributed by atoms with Gasteiger partial charge in [0.1, 0.15) is 23.4 Å². The zero-order valence-electron chi connectivity index (χ0n) is 19.1. The van der Waals surface area contributed by atoms with Gasteiger partial charge in [-0.1, -0.05) is 6.07 Å². The minimum absolute atomic E-state index is 0.181. The third-order valence-electron chi connectivity index (χ3n) is 6.58. The van der Waals surface area contributed by atoms with Crippen molar-refractivity contribution in [3.63, 3.8) is 0 Å². The van der Waals surface area contributed by atoms with Crippen LogP contribution in [0.4, 0.5) is 5.82 Å². The Kier molecular flexibility index (Phi) is 6.04. The molecule has 0 saturated carbocycles. The van der Waals surface area contributed by atoms with E-state index in [0.717, 1.165) is 44.3 Å². The molecule has 0 aromatic carbocycles. The number of piperidine rings is 1. The first-order chi connectivity index (χ1) is 16.1. The van der Waals surface area contributed by atoms with Crippen molar-refractivity contribution in [3.8, 4) is 17.4 Å². The van der Waals surface area contributed by atoms with E-state index in [1.165, 1.54) is 0 Å². The monoisotopic (exact) mass is 447 g/mol. The Bertz CT molecular complexity index is 1140. The second kappa shape index (κ2) is 9.27. The number of hydrogen-bond acceptors (Lipinski definition) is 7. The second-order valence-corrected chi connectivity index (χ2v) is 8.96. The number of anilines is 1. The molecular weight excluding hydrogens is 418 g/mol. The van der Waals surface area contributed by atoms with Crippen LogP contribution in [0.5, 0.6) is 5.88 Å². The quantitative estimate of drug-likeness (QED) is 0.609. The molecule has 2 aliphatic heterocycles. The Hall–Kier alpha value is -3.33. The van der Waals surface area contributed by atoms with Gasteiger partial charge < -0.3 is 19.5 Å². The molecule has 3 aromatic rings. The number of rotatable bonds is 1. The summed E-state index contributed by atoms with van der Waals surface area (Å²) in [4.78, 5) is 24.8. The summed E-state index contributed by atoms with van der Waals surface area (Å²) in [7, 11) is 2.14. The lowest BCUT2D eigenvalue weighted by atomic mass is 9.90. The van der Waals surface area contributed by atoms with E-state index in [0.29, 0.717) is 41.3 Å². The van der Waals surface area contributed by atoms with Crippen LogP contribution in [0, 0.1) is 0 Å². The minimum Gasteiger partial charge on any atom is -0.477 e. The van der Waals surface area contributed by atoms with Crippen LogP contribution in [0.25, 0.3) is 11.5 Å². The minimum atomic E-state index is -0.274. The Morgan fingerprint density at radius 3 is 2.88 bits per heavy atom. The first-order valence-electron chi connectivity index (χ1n) is 11.6. The number of nitrogens with one attached hydrogen (secondary N) is 1. The first-order valence-corrected chi connectivity index (χ1v) is 11.6. The molecule has 1 fully saturated rings. The molecule has 2 bridgehead atoms. The first kappa shape index (κ1) is 21.5. The van der Waals surface area contributed by atoms with Gasteiger partial charge in [0.2, 0.25) is 5.88 Å². The zero-order valence-corrected chi connectivity index (χ0v) is 19.1. The molecule has 0 aliphatic carbocycles. The van der Waals surface area contributed by atoms with Gasteiger partial charge in [-0.2, -0.15) is 0 Å². The normalized spacial score (nSPS) is 20.2. The molecule has 1 atom stereocenters. The number of carbonyl (C=O) groups excluding carboxylic acids is 1. The van der Waals surface area contributed by atoms with Crippen LogP contribution in [-0.4, -0.2) is 62.3 Å². The highest BCUT2D eigenvalue weighted by atomic mass is 16.5. The maximum Gasteiger partial charge on any atom is 0.262 e.